The number of aryl methyl sites for hydroxylation is 1. The van der Waals surface area contributed by atoms with Gasteiger partial charge in [-0.05, 0) is 61.5 Å². The molecule has 1 atom stereocenters. The van der Waals surface area contributed by atoms with Crippen LogP contribution in [0.5, 0.6) is 11.5 Å². The van der Waals surface area contributed by atoms with Crippen LogP contribution in [0, 0.1) is 6.92 Å². The number of ether oxygens (including phenoxy) is 2. The van der Waals surface area contributed by atoms with Crippen LogP contribution in [0.15, 0.2) is 47.4 Å². The van der Waals surface area contributed by atoms with Crippen molar-refractivity contribution in [3.05, 3.63) is 58.5 Å². The summed E-state index contributed by atoms with van der Waals surface area (Å²) in [5.74, 6) is -1.69. The van der Waals surface area contributed by atoms with Gasteiger partial charge in [0.05, 0.1) is 12.0 Å². The third-order valence-electron chi connectivity index (χ3n) is 4.65. The van der Waals surface area contributed by atoms with Gasteiger partial charge in [-0.2, -0.15) is 0 Å². The van der Waals surface area contributed by atoms with Gasteiger partial charge in [-0.1, -0.05) is 23.8 Å². The van der Waals surface area contributed by atoms with E-state index in [0.717, 1.165) is 22.2 Å². The molecule has 10 heteroatoms. The van der Waals surface area contributed by atoms with Gasteiger partial charge >= 0.3 is 5.97 Å². The maximum absolute atomic E-state index is 12.7. The Kier molecular flexibility index (Phi) is 7.39. The van der Waals surface area contributed by atoms with Crippen molar-refractivity contribution < 1.29 is 33.8 Å². The van der Waals surface area contributed by atoms with Gasteiger partial charge in [0.15, 0.2) is 17.6 Å². The number of nitrogens with zero attached hydrogens (tertiary/aromatic N) is 1. The van der Waals surface area contributed by atoms with Gasteiger partial charge in [0.2, 0.25) is 5.91 Å². The van der Waals surface area contributed by atoms with Gasteiger partial charge in [-0.15, -0.1) is 0 Å². The first-order chi connectivity index (χ1) is 15.7. The van der Waals surface area contributed by atoms with Crippen molar-refractivity contribution in [1.82, 2.24) is 4.90 Å². The molecule has 33 heavy (non-hydrogen) atoms. The van der Waals surface area contributed by atoms with Crippen LogP contribution in [0.1, 0.15) is 18.1 Å². The smallest absolute Gasteiger partial charge is 0.344 e. The zero-order chi connectivity index (χ0) is 24.1. The molecule has 9 nitrogen and oxygen atoms in total. The lowest BCUT2D eigenvalue weighted by molar-refractivity contribution is -0.144. The monoisotopic (exact) mass is 470 g/mol. The summed E-state index contributed by atoms with van der Waals surface area (Å²) in [5, 5.41) is 11.1. The normalized spacial score (nSPS) is 15.5. The molecule has 1 saturated heterocycles. The molecule has 0 radical (unpaired) electrons. The average Bonchev–Trinajstić information content (AvgIpc) is 3.03. The number of rotatable bonds is 8. The summed E-state index contributed by atoms with van der Waals surface area (Å²) in [6.45, 7) is 2.91. The van der Waals surface area contributed by atoms with Gasteiger partial charge in [-0.25, -0.2) is 4.79 Å². The van der Waals surface area contributed by atoms with Crippen LogP contribution in [0.4, 0.5) is 10.5 Å². The Bertz CT molecular complexity index is 1130. The van der Waals surface area contributed by atoms with Gasteiger partial charge in [0.25, 0.3) is 11.1 Å². The largest absolute Gasteiger partial charge is 0.493 e. The molecule has 2 aromatic carbocycles. The molecule has 0 spiro atoms. The Morgan fingerprint density at radius 3 is 2.48 bits per heavy atom. The second-order valence-corrected chi connectivity index (χ2v) is 8.18. The van der Waals surface area contributed by atoms with Crippen molar-refractivity contribution in [1.29, 1.82) is 0 Å². The molecule has 1 aliphatic heterocycles. The summed E-state index contributed by atoms with van der Waals surface area (Å²) in [6.07, 6.45) is 0.419. The number of thioether (sulfide) groups is 1. The molecule has 0 unspecified atom stereocenters. The van der Waals surface area contributed by atoms with Crippen molar-refractivity contribution in [2.75, 3.05) is 19.0 Å². The minimum absolute atomic E-state index is 0.151. The number of methoxy groups -OCH3 is 1. The Morgan fingerprint density at radius 1 is 1.15 bits per heavy atom. The highest BCUT2D eigenvalue weighted by atomic mass is 32.2. The van der Waals surface area contributed by atoms with E-state index in [9.17, 15) is 19.2 Å². The number of carbonyl (C=O) groups excluding carboxylic acids is 3. The summed E-state index contributed by atoms with van der Waals surface area (Å²) < 4.78 is 10.6. The summed E-state index contributed by atoms with van der Waals surface area (Å²) >= 11 is 0.728. The summed E-state index contributed by atoms with van der Waals surface area (Å²) in [5.41, 5.74) is 2.15. The van der Waals surface area contributed by atoms with Crippen LogP contribution in [-0.4, -0.2) is 52.8 Å². The fraction of sp³-hybridized carbons (Fsp3) is 0.217. The van der Waals surface area contributed by atoms with Crippen molar-refractivity contribution in [3.63, 3.8) is 0 Å². The summed E-state index contributed by atoms with van der Waals surface area (Å²) in [4.78, 5) is 49.4. The predicted molar refractivity (Wildman–Crippen MR) is 123 cm³/mol. The number of carboxylic acid groups (broad SMARTS) is 1. The molecule has 1 fully saturated rings. The fourth-order valence-electron chi connectivity index (χ4n) is 2.88. The maximum atomic E-state index is 12.7. The first-order valence-electron chi connectivity index (χ1n) is 9.87. The molecule has 3 rings (SSSR count). The SMILES string of the molecule is COc1cc(/C=C2/SC(=O)N(CC(=O)Nc3ccc(C)cc3)C2=O)ccc1O[C@@H](C)C(=O)O. The predicted octanol–water partition coefficient (Wildman–Crippen LogP) is 3.53. The lowest BCUT2D eigenvalue weighted by Crippen LogP contribution is -2.36. The van der Waals surface area contributed by atoms with E-state index >= 15 is 0 Å². The second-order valence-electron chi connectivity index (χ2n) is 7.19. The molecule has 0 bridgehead atoms. The van der Waals surface area contributed by atoms with Gasteiger partial charge < -0.3 is 19.9 Å². The average molecular weight is 471 g/mol. The van der Waals surface area contributed by atoms with E-state index in [4.69, 9.17) is 14.6 Å². The number of benzene rings is 2. The van der Waals surface area contributed by atoms with E-state index < -0.39 is 35.7 Å². The number of anilines is 1. The van der Waals surface area contributed by atoms with Crippen molar-refractivity contribution in [3.8, 4) is 11.5 Å². The molecule has 0 aliphatic carbocycles. The van der Waals surface area contributed by atoms with Crippen LogP contribution >= 0.6 is 11.8 Å². The Labute approximate surface area is 194 Å². The quantitative estimate of drug-likeness (QED) is 0.562. The topological polar surface area (TPSA) is 122 Å². The van der Waals surface area contributed by atoms with E-state index in [-0.39, 0.29) is 16.4 Å². The lowest BCUT2D eigenvalue weighted by atomic mass is 10.1. The first kappa shape index (κ1) is 23.9. The summed E-state index contributed by atoms with van der Waals surface area (Å²) in [6, 6.07) is 11.8. The van der Waals surface area contributed by atoms with Crippen molar-refractivity contribution in [2.24, 2.45) is 0 Å². The first-order valence-corrected chi connectivity index (χ1v) is 10.7. The fourth-order valence-corrected chi connectivity index (χ4v) is 3.72. The van der Waals surface area contributed by atoms with Crippen molar-refractivity contribution in [2.45, 2.75) is 20.0 Å². The van der Waals surface area contributed by atoms with Crippen LogP contribution in [0.3, 0.4) is 0 Å². The standard InChI is InChI=1S/C23H22N2O7S/c1-13-4-7-16(8-5-13)24-20(26)12-25-21(27)19(33-23(25)30)11-15-6-9-17(18(10-15)31-3)32-14(2)22(28)29/h4-11,14H,12H2,1-3H3,(H,24,26)(H,28,29)/b19-11+/t14-/m0/s1. The van der Waals surface area contributed by atoms with E-state index in [0.29, 0.717) is 11.3 Å². The Hall–Kier alpha value is -3.79. The molecule has 2 N–H and O–H groups in total. The molecule has 0 saturated carbocycles. The highest BCUT2D eigenvalue weighted by Crippen LogP contribution is 2.34. The van der Waals surface area contributed by atoms with Crippen molar-refractivity contribution >= 4 is 46.5 Å². The molecular formula is C23H22N2O7S. The maximum Gasteiger partial charge on any atom is 0.344 e. The number of hydrogen-bond donors (Lipinski definition) is 2. The van der Waals surface area contributed by atoms with Gasteiger partial charge in [0, 0.05) is 5.69 Å². The number of carboxylic acids is 1. The van der Waals surface area contributed by atoms with Crippen LogP contribution in [-0.2, 0) is 14.4 Å². The minimum atomic E-state index is -1.12. The molecule has 1 heterocycles. The highest BCUT2D eigenvalue weighted by molar-refractivity contribution is 8.18. The zero-order valence-electron chi connectivity index (χ0n) is 18.2. The summed E-state index contributed by atoms with van der Waals surface area (Å²) in [7, 11) is 1.40. The molecule has 172 valence electrons. The van der Waals surface area contributed by atoms with E-state index in [1.807, 2.05) is 19.1 Å². The second kappa shape index (κ2) is 10.2. The molecular weight excluding hydrogens is 448 g/mol. The van der Waals surface area contributed by atoms with Gasteiger partial charge in [-0.3, -0.25) is 19.3 Å². The molecule has 3 amide bonds. The number of amides is 3. The Morgan fingerprint density at radius 2 is 1.85 bits per heavy atom. The molecule has 2 aromatic rings. The molecule has 0 aromatic heterocycles. The van der Waals surface area contributed by atoms with Gasteiger partial charge in [0.1, 0.15) is 6.54 Å². The number of aliphatic carboxylic acids is 1. The molecule has 1 aliphatic rings. The number of nitrogens with one attached hydrogen (secondary N) is 1. The van der Waals surface area contributed by atoms with Crippen LogP contribution in [0.2, 0.25) is 0 Å². The van der Waals surface area contributed by atoms with E-state index in [2.05, 4.69) is 5.32 Å². The lowest BCUT2D eigenvalue weighted by Gasteiger charge is -2.14. The van der Waals surface area contributed by atoms with E-state index in [1.165, 1.54) is 26.2 Å². The highest BCUT2D eigenvalue weighted by Gasteiger charge is 2.36. The third kappa shape index (κ3) is 5.92. The number of carbonyl (C=O) groups is 4. The van der Waals surface area contributed by atoms with Crippen LogP contribution in [0.25, 0.3) is 6.08 Å². The zero-order valence-corrected chi connectivity index (χ0v) is 19.0. The number of hydrogen-bond acceptors (Lipinski definition) is 7. The minimum Gasteiger partial charge on any atom is -0.493 e. The third-order valence-corrected chi connectivity index (χ3v) is 5.55. The number of imide groups is 1. The van der Waals surface area contributed by atoms with E-state index in [1.54, 1.807) is 24.3 Å². The van der Waals surface area contributed by atoms with Crippen LogP contribution < -0.4 is 14.8 Å². The Balaban J connectivity index is 1.71.